The first-order chi connectivity index (χ1) is 12.2. The molecule has 0 saturated heterocycles. The Balaban J connectivity index is 1.53. The first-order valence-corrected chi connectivity index (χ1v) is 9.48. The molecule has 0 saturated carbocycles. The van der Waals surface area contributed by atoms with Crippen LogP contribution in [-0.2, 0) is 13.0 Å². The second kappa shape index (κ2) is 6.84. The number of aromatic nitrogens is 2. The summed E-state index contributed by atoms with van der Waals surface area (Å²) in [5.74, 6) is 0.0201. The van der Waals surface area contributed by atoms with Crippen molar-refractivity contribution in [3.8, 4) is 0 Å². The molecule has 128 valence electrons. The molecule has 1 amide bonds. The molecule has 3 aromatic rings. The monoisotopic (exact) mass is 351 g/mol. The van der Waals surface area contributed by atoms with Crippen LogP contribution in [0.3, 0.4) is 0 Å². The van der Waals surface area contributed by atoms with E-state index in [0.29, 0.717) is 0 Å². The summed E-state index contributed by atoms with van der Waals surface area (Å²) in [4.78, 5) is 14.4. The van der Waals surface area contributed by atoms with Crippen LogP contribution < -0.4 is 5.32 Å². The van der Waals surface area contributed by atoms with Crippen molar-refractivity contribution in [1.82, 2.24) is 15.1 Å². The average Bonchev–Trinajstić information content (AvgIpc) is 3.23. The van der Waals surface area contributed by atoms with Gasteiger partial charge in [0.1, 0.15) is 0 Å². The van der Waals surface area contributed by atoms with E-state index in [-0.39, 0.29) is 11.9 Å². The number of fused-ring (bicyclic) bond motifs is 1. The van der Waals surface area contributed by atoms with E-state index in [2.05, 4.69) is 39.4 Å². The Labute approximate surface area is 151 Å². The molecule has 1 N–H and O–H groups in total. The molecule has 5 heteroatoms. The summed E-state index contributed by atoms with van der Waals surface area (Å²) in [6.45, 7) is 2.80. The van der Waals surface area contributed by atoms with Gasteiger partial charge in [0.2, 0.25) is 0 Å². The van der Waals surface area contributed by atoms with Crippen LogP contribution >= 0.6 is 11.3 Å². The van der Waals surface area contributed by atoms with Crippen molar-refractivity contribution in [2.45, 2.75) is 38.8 Å². The largest absolute Gasteiger partial charge is 0.344 e. The molecule has 2 aromatic heterocycles. The fourth-order valence-corrected chi connectivity index (χ4v) is 4.22. The third-order valence-corrected chi connectivity index (χ3v) is 5.71. The highest BCUT2D eigenvalue weighted by atomic mass is 32.1. The number of nitrogens with zero attached hydrogens (tertiary/aromatic N) is 2. The molecule has 0 bridgehead atoms. The predicted octanol–water partition coefficient (Wildman–Crippen LogP) is 4.11. The molecule has 0 aliphatic heterocycles. The minimum Gasteiger partial charge on any atom is -0.344 e. The number of thiophene rings is 1. The molecule has 1 aromatic carbocycles. The van der Waals surface area contributed by atoms with Gasteiger partial charge in [-0.3, -0.25) is 9.48 Å². The Morgan fingerprint density at radius 3 is 2.88 bits per heavy atom. The first-order valence-electron chi connectivity index (χ1n) is 8.66. The van der Waals surface area contributed by atoms with Crippen LogP contribution in [0.15, 0.2) is 48.7 Å². The zero-order valence-corrected chi connectivity index (χ0v) is 15.1. The normalized spacial score (nSPS) is 16.4. The highest BCUT2D eigenvalue weighted by molar-refractivity contribution is 7.13. The van der Waals surface area contributed by atoms with Gasteiger partial charge >= 0.3 is 0 Å². The molecule has 2 heterocycles. The molecule has 0 unspecified atom stereocenters. The SMILES string of the molecule is Cc1ccc(C(=O)N[C@@H]2CCCc3c2cnn3Cc2ccccc2)s1. The van der Waals surface area contributed by atoms with Crippen LogP contribution in [0, 0.1) is 6.92 Å². The van der Waals surface area contributed by atoms with Crippen molar-refractivity contribution in [3.05, 3.63) is 75.2 Å². The molecule has 0 radical (unpaired) electrons. The van der Waals surface area contributed by atoms with Crippen molar-refractivity contribution < 1.29 is 4.79 Å². The van der Waals surface area contributed by atoms with Gasteiger partial charge in [0.05, 0.1) is 23.7 Å². The second-order valence-electron chi connectivity index (χ2n) is 6.52. The van der Waals surface area contributed by atoms with Crippen molar-refractivity contribution in [1.29, 1.82) is 0 Å². The predicted molar refractivity (Wildman–Crippen MR) is 100.0 cm³/mol. The molecular weight excluding hydrogens is 330 g/mol. The lowest BCUT2D eigenvalue weighted by Gasteiger charge is -2.24. The highest BCUT2D eigenvalue weighted by Crippen LogP contribution is 2.30. The van der Waals surface area contributed by atoms with Crippen LogP contribution in [0.25, 0.3) is 0 Å². The molecular formula is C20H21N3OS. The van der Waals surface area contributed by atoms with Crippen LogP contribution in [0.1, 0.15) is 50.3 Å². The molecule has 4 rings (SSSR count). The van der Waals surface area contributed by atoms with Crippen LogP contribution in [0.4, 0.5) is 0 Å². The number of hydrogen-bond donors (Lipinski definition) is 1. The maximum absolute atomic E-state index is 12.5. The van der Waals surface area contributed by atoms with E-state index in [4.69, 9.17) is 0 Å². The number of benzene rings is 1. The minimum atomic E-state index is 0.0201. The summed E-state index contributed by atoms with van der Waals surface area (Å²) in [5, 5.41) is 7.80. The van der Waals surface area contributed by atoms with Gasteiger partial charge < -0.3 is 5.32 Å². The topological polar surface area (TPSA) is 46.9 Å². The van der Waals surface area contributed by atoms with Gasteiger partial charge in [0.25, 0.3) is 5.91 Å². The van der Waals surface area contributed by atoms with E-state index in [1.54, 1.807) is 0 Å². The van der Waals surface area contributed by atoms with Gasteiger partial charge in [0.15, 0.2) is 0 Å². The summed E-state index contributed by atoms with van der Waals surface area (Å²) < 4.78 is 2.08. The molecule has 1 aliphatic carbocycles. The minimum absolute atomic E-state index is 0.0201. The van der Waals surface area contributed by atoms with E-state index in [9.17, 15) is 4.79 Å². The molecule has 1 atom stereocenters. The van der Waals surface area contributed by atoms with Gasteiger partial charge in [0, 0.05) is 16.1 Å². The molecule has 0 fully saturated rings. The van der Waals surface area contributed by atoms with E-state index >= 15 is 0 Å². The van der Waals surface area contributed by atoms with Gasteiger partial charge in [-0.25, -0.2) is 0 Å². The van der Waals surface area contributed by atoms with Gasteiger partial charge in [-0.15, -0.1) is 11.3 Å². The number of carbonyl (C=O) groups is 1. The smallest absolute Gasteiger partial charge is 0.261 e. The van der Waals surface area contributed by atoms with Crippen molar-refractivity contribution >= 4 is 17.2 Å². The number of aryl methyl sites for hydroxylation is 1. The van der Waals surface area contributed by atoms with E-state index in [1.165, 1.54) is 28.2 Å². The lowest BCUT2D eigenvalue weighted by atomic mass is 9.93. The van der Waals surface area contributed by atoms with E-state index in [1.807, 2.05) is 31.3 Å². The summed E-state index contributed by atoms with van der Waals surface area (Å²) in [6, 6.07) is 14.3. The standard InChI is InChI=1S/C20H21N3OS/c1-14-10-11-19(25-14)20(24)22-17-8-5-9-18-16(17)12-21-23(18)13-15-6-3-2-4-7-15/h2-4,6-7,10-12,17H,5,8-9,13H2,1H3,(H,22,24)/t17-/m1/s1. The maximum Gasteiger partial charge on any atom is 0.261 e. The quantitative estimate of drug-likeness (QED) is 0.769. The Bertz CT molecular complexity index is 881. The number of carbonyl (C=O) groups excluding carboxylic acids is 1. The van der Waals surface area contributed by atoms with Crippen molar-refractivity contribution in [3.63, 3.8) is 0 Å². The summed E-state index contributed by atoms with van der Waals surface area (Å²) >= 11 is 1.54. The van der Waals surface area contributed by atoms with Gasteiger partial charge in [-0.05, 0) is 43.9 Å². The highest BCUT2D eigenvalue weighted by Gasteiger charge is 2.26. The average molecular weight is 351 g/mol. The maximum atomic E-state index is 12.5. The van der Waals surface area contributed by atoms with Crippen LogP contribution in [0.2, 0.25) is 0 Å². The van der Waals surface area contributed by atoms with Crippen molar-refractivity contribution in [2.24, 2.45) is 0 Å². The molecule has 0 spiro atoms. The Morgan fingerprint density at radius 1 is 1.28 bits per heavy atom. The van der Waals surface area contributed by atoms with Crippen molar-refractivity contribution in [2.75, 3.05) is 0 Å². The summed E-state index contributed by atoms with van der Waals surface area (Å²) in [7, 11) is 0. The van der Waals surface area contributed by atoms with Gasteiger partial charge in [-0.1, -0.05) is 30.3 Å². The number of nitrogens with one attached hydrogen (secondary N) is 1. The zero-order valence-electron chi connectivity index (χ0n) is 14.2. The third-order valence-electron chi connectivity index (χ3n) is 4.71. The molecule has 25 heavy (non-hydrogen) atoms. The Hall–Kier alpha value is -2.40. The van der Waals surface area contributed by atoms with Crippen LogP contribution in [-0.4, -0.2) is 15.7 Å². The Morgan fingerprint density at radius 2 is 2.12 bits per heavy atom. The second-order valence-corrected chi connectivity index (χ2v) is 7.81. The molecule has 1 aliphatic rings. The van der Waals surface area contributed by atoms with Crippen LogP contribution in [0.5, 0.6) is 0 Å². The zero-order chi connectivity index (χ0) is 17.2. The number of amides is 1. The number of rotatable bonds is 4. The fraction of sp³-hybridized carbons (Fsp3) is 0.300. The molecule has 4 nitrogen and oxygen atoms in total. The van der Waals surface area contributed by atoms with Gasteiger partial charge in [-0.2, -0.15) is 5.10 Å². The van der Waals surface area contributed by atoms with E-state index in [0.717, 1.165) is 35.6 Å². The summed E-state index contributed by atoms with van der Waals surface area (Å²) in [5.41, 5.74) is 3.67. The van der Waals surface area contributed by atoms with E-state index < -0.39 is 0 Å². The number of hydrogen-bond acceptors (Lipinski definition) is 3. The fourth-order valence-electron chi connectivity index (χ4n) is 3.45. The first kappa shape index (κ1) is 16.1. The summed E-state index contributed by atoms with van der Waals surface area (Å²) in [6.07, 6.45) is 5.00. The third kappa shape index (κ3) is 3.37. The lowest BCUT2D eigenvalue weighted by molar-refractivity contribution is 0.0937. The Kier molecular flexibility index (Phi) is 4.40. The lowest BCUT2D eigenvalue weighted by Crippen LogP contribution is -2.30.